The van der Waals surface area contributed by atoms with Gasteiger partial charge in [0.25, 0.3) is 6.01 Å². The van der Waals surface area contributed by atoms with Crippen LogP contribution in [0.15, 0.2) is 28.1 Å². The molecule has 0 amide bonds. The number of morpholine rings is 1. The summed E-state index contributed by atoms with van der Waals surface area (Å²) < 4.78 is 11.8. The average Bonchev–Trinajstić information content (AvgIpc) is 3.48. The number of fused-ring (bicyclic) bond motifs is 3. The molecule has 8 heteroatoms. The third-order valence-electron chi connectivity index (χ3n) is 6.20. The van der Waals surface area contributed by atoms with Crippen LogP contribution in [0.4, 0.5) is 6.01 Å². The molecule has 3 saturated heterocycles. The Bertz CT molecular complexity index is 986. The van der Waals surface area contributed by atoms with Crippen molar-refractivity contribution >= 4 is 28.5 Å². The SMILES string of the molecule is c1csc(-c2cc(CN3CCOCC3)cc3nc(N4CC5CCC(C4)N5)oc23)n1. The number of ether oxygens (including phenoxy) is 1. The van der Waals surface area contributed by atoms with Gasteiger partial charge in [0.1, 0.15) is 10.5 Å². The molecule has 3 aromatic rings. The molecule has 3 fully saturated rings. The summed E-state index contributed by atoms with van der Waals surface area (Å²) in [6, 6.07) is 6.27. The highest BCUT2D eigenvalue weighted by Gasteiger charge is 2.34. The molecule has 3 aliphatic rings. The van der Waals surface area contributed by atoms with E-state index in [1.807, 2.05) is 11.6 Å². The number of thiazole rings is 1. The summed E-state index contributed by atoms with van der Waals surface area (Å²) in [7, 11) is 0. The molecule has 7 nitrogen and oxygen atoms in total. The highest BCUT2D eigenvalue weighted by Crippen LogP contribution is 2.35. The number of aromatic nitrogens is 2. The van der Waals surface area contributed by atoms with E-state index in [1.165, 1.54) is 18.4 Å². The number of piperazine rings is 1. The van der Waals surface area contributed by atoms with Crippen molar-refractivity contribution in [3.8, 4) is 10.6 Å². The van der Waals surface area contributed by atoms with Crippen LogP contribution in [0.3, 0.4) is 0 Å². The third-order valence-corrected chi connectivity index (χ3v) is 7.00. The highest BCUT2D eigenvalue weighted by molar-refractivity contribution is 7.13. The molecule has 2 atom stereocenters. The number of nitrogens with zero attached hydrogens (tertiary/aromatic N) is 4. The Morgan fingerprint density at radius 1 is 1.14 bits per heavy atom. The Morgan fingerprint density at radius 2 is 1.97 bits per heavy atom. The third kappa shape index (κ3) is 3.44. The van der Waals surface area contributed by atoms with Crippen molar-refractivity contribution in [2.75, 3.05) is 44.3 Å². The van der Waals surface area contributed by atoms with Crippen LogP contribution in [0, 0.1) is 0 Å². The second-order valence-electron chi connectivity index (χ2n) is 8.26. The van der Waals surface area contributed by atoms with Crippen LogP contribution in [0.25, 0.3) is 21.7 Å². The van der Waals surface area contributed by atoms with Crippen LogP contribution in [0.5, 0.6) is 0 Å². The minimum atomic E-state index is 0.555. The van der Waals surface area contributed by atoms with E-state index in [0.29, 0.717) is 12.1 Å². The van der Waals surface area contributed by atoms with Crippen molar-refractivity contribution in [1.82, 2.24) is 20.2 Å². The van der Waals surface area contributed by atoms with Crippen LogP contribution in [0.2, 0.25) is 0 Å². The van der Waals surface area contributed by atoms with Crippen LogP contribution in [0.1, 0.15) is 18.4 Å². The molecule has 29 heavy (non-hydrogen) atoms. The summed E-state index contributed by atoms with van der Waals surface area (Å²) in [5.41, 5.74) is 4.09. The lowest BCUT2D eigenvalue weighted by Gasteiger charge is -2.31. The van der Waals surface area contributed by atoms with Crippen molar-refractivity contribution < 1.29 is 9.15 Å². The zero-order chi connectivity index (χ0) is 19.2. The largest absolute Gasteiger partial charge is 0.423 e. The van der Waals surface area contributed by atoms with E-state index in [4.69, 9.17) is 14.1 Å². The summed E-state index contributed by atoms with van der Waals surface area (Å²) in [6.07, 6.45) is 4.34. The lowest BCUT2D eigenvalue weighted by atomic mass is 10.1. The molecule has 0 spiro atoms. The van der Waals surface area contributed by atoms with Gasteiger partial charge in [-0.25, -0.2) is 4.98 Å². The first-order valence-electron chi connectivity index (χ1n) is 10.5. The minimum Gasteiger partial charge on any atom is -0.423 e. The molecule has 2 unspecified atom stereocenters. The molecule has 0 aliphatic carbocycles. The van der Waals surface area contributed by atoms with E-state index in [9.17, 15) is 0 Å². The number of benzene rings is 1. The Hall–Kier alpha value is -2.00. The summed E-state index contributed by atoms with van der Waals surface area (Å²) in [6.45, 7) is 6.39. The van der Waals surface area contributed by atoms with E-state index in [-0.39, 0.29) is 0 Å². The van der Waals surface area contributed by atoms with Gasteiger partial charge in [0.15, 0.2) is 5.58 Å². The molecule has 2 aromatic heterocycles. The second-order valence-corrected chi connectivity index (χ2v) is 9.15. The fraction of sp³-hybridized carbons (Fsp3) is 0.524. The number of anilines is 1. The smallest absolute Gasteiger partial charge is 0.298 e. The fourth-order valence-electron chi connectivity index (χ4n) is 4.79. The van der Waals surface area contributed by atoms with Gasteiger partial charge in [-0.3, -0.25) is 4.90 Å². The molecular formula is C21H25N5O2S. The first-order chi connectivity index (χ1) is 14.3. The maximum Gasteiger partial charge on any atom is 0.298 e. The van der Waals surface area contributed by atoms with Gasteiger partial charge in [-0.2, -0.15) is 4.98 Å². The van der Waals surface area contributed by atoms with E-state index in [1.54, 1.807) is 11.3 Å². The van der Waals surface area contributed by atoms with Gasteiger partial charge in [-0.05, 0) is 30.5 Å². The minimum absolute atomic E-state index is 0.555. The Balaban J connectivity index is 1.38. The van der Waals surface area contributed by atoms with Crippen molar-refractivity contribution in [2.45, 2.75) is 31.5 Å². The molecule has 152 valence electrons. The molecule has 6 rings (SSSR count). The zero-order valence-corrected chi connectivity index (χ0v) is 17.2. The fourth-order valence-corrected chi connectivity index (χ4v) is 5.44. The predicted octanol–water partition coefficient (Wildman–Crippen LogP) is 2.72. The maximum atomic E-state index is 6.35. The van der Waals surface area contributed by atoms with Crippen LogP contribution in [-0.4, -0.2) is 66.3 Å². The van der Waals surface area contributed by atoms with Gasteiger partial charge >= 0.3 is 0 Å². The Morgan fingerprint density at radius 3 is 2.72 bits per heavy atom. The van der Waals surface area contributed by atoms with Crippen LogP contribution in [-0.2, 0) is 11.3 Å². The molecular weight excluding hydrogens is 386 g/mol. The molecule has 1 aromatic carbocycles. The molecule has 3 aliphatic heterocycles. The lowest BCUT2D eigenvalue weighted by Crippen LogP contribution is -2.51. The van der Waals surface area contributed by atoms with E-state index in [2.05, 4.69) is 32.2 Å². The summed E-state index contributed by atoms with van der Waals surface area (Å²) in [4.78, 5) is 14.2. The Kier molecular flexibility index (Phi) is 4.52. The van der Waals surface area contributed by atoms with E-state index >= 15 is 0 Å². The maximum absolute atomic E-state index is 6.35. The monoisotopic (exact) mass is 411 g/mol. The highest BCUT2D eigenvalue weighted by atomic mass is 32.1. The molecule has 5 heterocycles. The lowest BCUT2D eigenvalue weighted by molar-refractivity contribution is 0.0342. The van der Waals surface area contributed by atoms with Crippen LogP contribution >= 0.6 is 11.3 Å². The standard InChI is InChI=1S/C21H25N5O2S/c1-2-16-13-26(12-15(1)23-16)21-24-18-10-14(11-25-4-6-27-7-5-25)9-17(19(18)28-21)20-22-3-8-29-20/h3,8-10,15-16,23H,1-2,4-7,11-13H2. The number of hydrogen-bond donors (Lipinski definition) is 1. The van der Waals surface area contributed by atoms with Gasteiger partial charge in [0.2, 0.25) is 0 Å². The van der Waals surface area contributed by atoms with Crippen LogP contribution < -0.4 is 10.2 Å². The van der Waals surface area contributed by atoms with Gasteiger partial charge < -0.3 is 19.4 Å². The summed E-state index contributed by atoms with van der Waals surface area (Å²) >= 11 is 1.65. The average molecular weight is 412 g/mol. The zero-order valence-electron chi connectivity index (χ0n) is 16.3. The van der Waals surface area contributed by atoms with Gasteiger partial charge in [0, 0.05) is 56.4 Å². The molecule has 0 saturated carbocycles. The van der Waals surface area contributed by atoms with Crippen molar-refractivity contribution in [3.63, 3.8) is 0 Å². The molecule has 0 radical (unpaired) electrons. The first kappa shape index (κ1) is 17.8. The first-order valence-corrected chi connectivity index (χ1v) is 11.3. The van der Waals surface area contributed by atoms with Crippen molar-refractivity contribution in [1.29, 1.82) is 0 Å². The molecule has 2 bridgehead atoms. The van der Waals surface area contributed by atoms with Crippen molar-refractivity contribution in [3.05, 3.63) is 29.3 Å². The van der Waals surface area contributed by atoms with Gasteiger partial charge in [-0.1, -0.05) is 0 Å². The van der Waals surface area contributed by atoms with E-state index in [0.717, 1.165) is 73.6 Å². The summed E-state index contributed by atoms with van der Waals surface area (Å²) in [5.74, 6) is 0. The number of rotatable bonds is 4. The summed E-state index contributed by atoms with van der Waals surface area (Å²) in [5, 5.41) is 6.68. The molecule has 1 N–H and O–H groups in total. The number of hydrogen-bond acceptors (Lipinski definition) is 8. The van der Waals surface area contributed by atoms with Crippen molar-refractivity contribution in [2.24, 2.45) is 0 Å². The quantitative estimate of drug-likeness (QED) is 0.708. The van der Waals surface area contributed by atoms with Gasteiger partial charge in [-0.15, -0.1) is 11.3 Å². The number of oxazole rings is 1. The van der Waals surface area contributed by atoms with E-state index < -0.39 is 0 Å². The Labute approximate surface area is 173 Å². The van der Waals surface area contributed by atoms with Gasteiger partial charge in [0.05, 0.1) is 18.8 Å². The second kappa shape index (κ2) is 7.36. The normalized spacial score (nSPS) is 25.2. The topological polar surface area (TPSA) is 66.7 Å². The predicted molar refractivity (Wildman–Crippen MR) is 113 cm³/mol. The number of nitrogens with one attached hydrogen (secondary N) is 1.